The maximum absolute atomic E-state index is 8.57. The Morgan fingerprint density at radius 3 is 1.73 bits per heavy atom. The molecule has 0 bridgehead atoms. The van der Waals surface area contributed by atoms with Crippen molar-refractivity contribution in [3.8, 4) is 0 Å². The van der Waals surface area contributed by atoms with Crippen LogP contribution in [-0.4, -0.2) is 57.1 Å². The molecule has 0 fully saturated rings. The van der Waals surface area contributed by atoms with Crippen molar-refractivity contribution in [1.82, 2.24) is 0 Å². The van der Waals surface area contributed by atoms with Crippen molar-refractivity contribution in [2.24, 2.45) is 10.8 Å². The summed E-state index contributed by atoms with van der Waals surface area (Å²) in [5, 5.41) is 8.57. The van der Waals surface area contributed by atoms with Crippen LogP contribution in [0.4, 0.5) is 0 Å². The minimum atomic E-state index is -0.268. The summed E-state index contributed by atoms with van der Waals surface area (Å²) in [6, 6.07) is 0. The Hall–Kier alpha value is -0.200. The second-order valence-electron chi connectivity index (χ2n) is 7.66. The van der Waals surface area contributed by atoms with Crippen LogP contribution in [0.1, 0.15) is 48.5 Å². The van der Waals surface area contributed by atoms with Crippen molar-refractivity contribution in [2.45, 2.75) is 60.9 Å². The molecule has 2 atom stereocenters. The third kappa shape index (κ3) is 10.5. The van der Waals surface area contributed by atoms with Crippen LogP contribution in [0.2, 0.25) is 0 Å². The average molecular weight is 320 g/mol. The Bertz CT molecular complexity index is 267. The summed E-state index contributed by atoms with van der Waals surface area (Å²) < 4.78 is 22.5. The lowest BCUT2D eigenvalue weighted by Crippen LogP contribution is -2.39. The predicted molar refractivity (Wildman–Crippen MR) is 87.9 cm³/mol. The molecule has 0 aromatic rings. The first-order valence-corrected chi connectivity index (χ1v) is 8.12. The number of aliphatic hydroxyl groups excluding tert-OH is 1. The smallest absolute Gasteiger partial charge is 0.162 e. The zero-order valence-corrected chi connectivity index (χ0v) is 15.5. The first kappa shape index (κ1) is 21.8. The van der Waals surface area contributed by atoms with Gasteiger partial charge < -0.3 is 24.1 Å². The Kier molecular flexibility index (Phi) is 10.5. The molecule has 0 saturated heterocycles. The van der Waals surface area contributed by atoms with Crippen LogP contribution < -0.4 is 0 Å². The molecule has 0 aromatic carbocycles. The maximum atomic E-state index is 8.57. The highest BCUT2D eigenvalue weighted by Gasteiger charge is 2.31. The molecule has 0 aromatic heterocycles. The minimum absolute atomic E-state index is 0.0413. The largest absolute Gasteiger partial charge is 0.394 e. The molecule has 0 radical (unpaired) electrons. The van der Waals surface area contributed by atoms with E-state index in [0.29, 0.717) is 33.0 Å². The molecule has 0 amide bonds. The van der Waals surface area contributed by atoms with Crippen molar-refractivity contribution < 1.29 is 24.1 Å². The Balaban J connectivity index is 4.03. The van der Waals surface area contributed by atoms with Crippen LogP contribution in [0.25, 0.3) is 0 Å². The lowest BCUT2D eigenvalue weighted by molar-refractivity contribution is -0.233. The molecule has 22 heavy (non-hydrogen) atoms. The van der Waals surface area contributed by atoms with Crippen molar-refractivity contribution in [3.05, 3.63) is 0 Å². The molecule has 0 heterocycles. The summed E-state index contributed by atoms with van der Waals surface area (Å²) in [6.45, 7) is 17.3. The number of hydrogen-bond donors (Lipinski definition) is 1. The van der Waals surface area contributed by atoms with Gasteiger partial charge >= 0.3 is 0 Å². The Morgan fingerprint density at radius 2 is 1.27 bits per heavy atom. The Labute approximate surface area is 136 Å². The van der Waals surface area contributed by atoms with Crippen LogP contribution in [-0.2, 0) is 18.9 Å². The van der Waals surface area contributed by atoms with E-state index in [1.807, 2.05) is 0 Å². The normalized spacial score (nSPS) is 15.8. The number of ether oxygens (including phenoxy) is 4. The fraction of sp³-hybridized carbons (Fsp3) is 1.00. The van der Waals surface area contributed by atoms with Crippen molar-refractivity contribution in [2.75, 3.05) is 39.6 Å². The van der Waals surface area contributed by atoms with E-state index in [2.05, 4.69) is 48.5 Å². The van der Waals surface area contributed by atoms with Crippen LogP contribution in [0.15, 0.2) is 0 Å². The van der Waals surface area contributed by atoms with Crippen LogP contribution >= 0.6 is 0 Å². The molecule has 0 aliphatic carbocycles. The molecular weight excluding hydrogens is 284 g/mol. The molecule has 5 heteroatoms. The molecule has 1 N–H and O–H groups in total. The fourth-order valence-corrected chi connectivity index (χ4v) is 1.48. The lowest BCUT2D eigenvalue weighted by Gasteiger charge is -2.37. The molecular formula is C17H36O5. The maximum Gasteiger partial charge on any atom is 0.162 e. The van der Waals surface area contributed by atoms with Gasteiger partial charge in [-0.1, -0.05) is 41.5 Å². The summed E-state index contributed by atoms with van der Waals surface area (Å²) in [7, 11) is 0. The van der Waals surface area contributed by atoms with Crippen LogP contribution in [0, 0.1) is 10.8 Å². The number of rotatable bonds is 11. The van der Waals surface area contributed by atoms with Gasteiger partial charge in [0.05, 0.1) is 45.7 Å². The van der Waals surface area contributed by atoms with E-state index in [4.69, 9.17) is 24.1 Å². The molecule has 134 valence electrons. The van der Waals surface area contributed by atoms with E-state index < -0.39 is 0 Å². The van der Waals surface area contributed by atoms with E-state index >= 15 is 0 Å². The zero-order chi connectivity index (χ0) is 17.2. The second kappa shape index (κ2) is 10.6. The third-order valence-corrected chi connectivity index (χ3v) is 3.36. The lowest BCUT2D eigenvalue weighted by atomic mass is 9.89. The quantitative estimate of drug-likeness (QED) is 0.468. The van der Waals surface area contributed by atoms with Gasteiger partial charge in [-0.15, -0.1) is 0 Å². The Morgan fingerprint density at radius 1 is 0.773 bits per heavy atom. The molecule has 0 spiro atoms. The first-order valence-electron chi connectivity index (χ1n) is 8.12. The van der Waals surface area contributed by atoms with Gasteiger partial charge in [0.2, 0.25) is 0 Å². The van der Waals surface area contributed by atoms with Gasteiger partial charge in [-0.05, 0) is 12.3 Å². The average Bonchev–Trinajstić information content (AvgIpc) is 2.37. The highest BCUT2D eigenvalue weighted by Crippen LogP contribution is 2.29. The SMILES string of the molecule is CC(OC(OCCOCCOCCO)C(C)(C)C)C(C)(C)C. The van der Waals surface area contributed by atoms with Gasteiger partial charge in [-0.3, -0.25) is 0 Å². The summed E-state index contributed by atoms with van der Waals surface area (Å²) in [5.74, 6) is 0. The number of hydrogen-bond acceptors (Lipinski definition) is 5. The summed E-state index contributed by atoms with van der Waals surface area (Å²) in [5.41, 5.74) is -0.0167. The fourth-order valence-electron chi connectivity index (χ4n) is 1.48. The molecule has 0 aliphatic heterocycles. The van der Waals surface area contributed by atoms with Gasteiger partial charge in [0.15, 0.2) is 6.29 Å². The molecule has 2 unspecified atom stereocenters. The van der Waals surface area contributed by atoms with Crippen molar-refractivity contribution in [1.29, 1.82) is 0 Å². The second-order valence-corrected chi connectivity index (χ2v) is 7.66. The van der Waals surface area contributed by atoms with E-state index in [9.17, 15) is 0 Å². The highest BCUT2D eigenvalue weighted by molar-refractivity contribution is 4.74. The molecule has 5 nitrogen and oxygen atoms in total. The van der Waals surface area contributed by atoms with Gasteiger partial charge in [-0.2, -0.15) is 0 Å². The van der Waals surface area contributed by atoms with Gasteiger partial charge in [0, 0.05) is 5.41 Å². The zero-order valence-electron chi connectivity index (χ0n) is 15.5. The predicted octanol–water partition coefficient (Wildman–Crippen LogP) is 2.85. The van der Waals surface area contributed by atoms with Crippen molar-refractivity contribution in [3.63, 3.8) is 0 Å². The van der Waals surface area contributed by atoms with Gasteiger partial charge in [0.25, 0.3) is 0 Å². The van der Waals surface area contributed by atoms with E-state index in [1.54, 1.807) is 0 Å². The monoisotopic (exact) mass is 320 g/mol. The van der Waals surface area contributed by atoms with E-state index in [-0.39, 0.29) is 29.8 Å². The topological polar surface area (TPSA) is 57.2 Å². The minimum Gasteiger partial charge on any atom is -0.394 e. The standard InChI is InChI=1S/C17H36O5/c1-14(16(2,3)4)22-15(17(5,6)7)21-13-12-20-11-10-19-9-8-18/h14-15,18H,8-13H2,1-7H3. The summed E-state index contributed by atoms with van der Waals surface area (Å²) >= 11 is 0. The number of aliphatic hydroxyl groups is 1. The van der Waals surface area contributed by atoms with E-state index in [0.717, 1.165) is 0 Å². The summed E-state index contributed by atoms with van der Waals surface area (Å²) in [4.78, 5) is 0. The van der Waals surface area contributed by atoms with Crippen LogP contribution in [0.5, 0.6) is 0 Å². The molecule has 0 saturated carbocycles. The van der Waals surface area contributed by atoms with E-state index in [1.165, 1.54) is 0 Å². The van der Waals surface area contributed by atoms with Gasteiger partial charge in [-0.25, -0.2) is 0 Å². The molecule has 0 aliphatic rings. The first-order chi connectivity index (χ1) is 10.1. The van der Waals surface area contributed by atoms with Gasteiger partial charge in [0.1, 0.15) is 0 Å². The highest BCUT2D eigenvalue weighted by atomic mass is 16.7. The van der Waals surface area contributed by atoms with Crippen LogP contribution in [0.3, 0.4) is 0 Å². The molecule has 0 rings (SSSR count). The summed E-state index contributed by atoms with van der Waals surface area (Å²) in [6.07, 6.45) is -0.166. The third-order valence-electron chi connectivity index (χ3n) is 3.36. The van der Waals surface area contributed by atoms with Crippen molar-refractivity contribution >= 4 is 0 Å².